The molecule has 0 saturated carbocycles. The monoisotopic (exact) mass is 347 g/mol. The van der Waals surface area contributed by atoms with Crippen molar-refractivity contribution in [3.8, 4) is 5.00 Å². The summed E-state index contributed by atoms with van der Waals surface area (Å²) < 4.78 is 15.0. The first kappa shape index (κ1) is 16.1. The molecule has 2 heterocycles. The summed E-state index contributed by atoms with van der Waals surface area (Å²) in [7, 11) is 0. The van der Waals surface area contributed by atoms with Crippen molar-refractivity contribution in [1.82, 2.24) is 25.1 Å². The molecule has 0 bridgehead atoms. The number of halogens is 1. The highest BCUT2D eigenvalue weighted by molar-refractivity contribution is 7.12. The minimum absolute atomic E-state index is 0.201. The second-order valence-electron chi connectivity index (χ2n) is 5.01. The average molecular weight is 347 g/mol. The molecule has 124 valence electrons. The molecule has 0 unspecified atom stereocenters. The van der Waals surface area contributed by atoms with Crippen molar-refractivity contribution < 1.29 is 9.18 Å². The Hall–Kier alpha value is -2.81. The fourth-order valence-corrected chi connectivity index (χ4v) is 2.76. The third-order valence-electron chi connectivity index (χ3n) is 3.30. The maximum absolute atomic E-state index is 12.8. The quantitative estimate of drug-likeness (QED) is 0.721. The number of carbonyl (C=O) groups excluding carboxylic acids is 1. The minimum Gasteiger partial charge on any atom is -0.354 e. The summed E-state index contributed by atoms with van der Waals surface area (Å²) in [5.41, 5.74) is 0.448. The molecule has 0 aliphatic heterocycles. The summed E-state index contributed by atoms with van der Waals surface area (Å²) in [6.45, 7) is 0.186. The zero-order valence-electron chi connectivity index (χ0n) is 12.6. The van der Waals surface area contributed by atoms with Crippen LogP contribution in [0.15, 0.2) is 46.6 Å². The molecule has 1 N–H and O–H groups in total. The van der Waals surface area contributed by atoms with Crippen LogP contribution in [0.4, 0.5) is 4.39 Å². The topological polar surface area (TPSA) is 81.8 Å². The van der Waals surface area contributed by atoms with E-state index >= 15 is 0 Å². The van der Waals surface area contributed by atoms with Crippen LogP contribution in [0.1, 0.15) is 5.56 Å². The van der Waals surface area contributed by atoms with E-state index in [0.29, 0.717) is 18.0 Å². The van der Waals surface area contributed by atoms with Gasteiger partial charge in [0.05, 0.1) is 0 Å². The van der Waals surface area contributed by atoms with Gasteiger partial charge in [-0.25, -0.2) is 9.18 Å². The molecule has 7 nitrogen and oxygen atoms in total. The van der Waals surface area contributed by atoms with E-state index in [0.717, 1.165) is 14.9 Å². The molecule has 3 aromatic rings. The van der Waals surface area contributed by atoms with E-state index < -0.39 is 5.69 Å². The van der Waals surface area contributed by atoms with E-state index in [-0.39, 0.29) is 18.3 Å². The lowest BCUT2D eigenvalue weighted by molar-refractivity contribution is -0.121. The van der Waals surface area contributed by atoms with E-state index in [4.69, 9.17) is 0 Å². The molecular formula is C15H14FN5O2S. The average Bonchev–Trinajstić information content (AvgIpc) is 3.20. The van der Waals surface area contributed by atoms with Gasteiger partial charge in [-0.3, -0.25) is 4.79 Å². The van der Waals surface area contributed by atoms with Gasteiger partial charge in [-0.15, -0.1) is 11.3 Å². The Morgan fingerprint density at radius 3 is 2.71 bits per heavy atom. The number of hydrogen-bond donors (Lipinski definition) is 1. The molecule has 0 spiro atoms. The van der Waals surface area contributed by atoms with Gasteiger partial charge in [0.25, 0.3) is 0 Å². The summed E-state index contributed by atoms with van der Waals surface area (Å²) in [6.07, 6.45) is 0.572. The number of amides is 1. The van der Waals surface area contributed by atoms with Crippen LogP contribution < -0.4 is 11.0 Å². The number of carbonyl (C=O) groups is 1. The zero-order chi connectivity index (χ0) is 16.9. The fraction of sp³-hybridized carbons (Fsp3) is 0.200. The van der Waals surface area contributed by atoms with Crippen molar-refractivity contribution in [3.05, 3.63) is 63.6 Å². The first-order valence-corrected chi connectivity index (χ1v) is 8.09. The third-order valence-corrected chi connectivity index (χ3v) is 4.14. The highest BCUT2D eigenvalue weighted by atomic mass is 32.1. The van der Waals surface area contributed by atoms with Crippen LogP contribution in [0.5, 0.6) is 0 Å². The number of hydrogen-bond acceptors (Lipinski definition) is 5. The van der Waals surface area contributed by atoms with E-state index in [1.807, 2.05) is 5.38 Å². The van der Waals surface area contributed by atoms with E-state index in [2.05, 4.69) is 15.7 Å². The summed E-state index contributed by atoms with van der Waals surface area (Å²) in [5.74, 6) is -0.631. The van der Waals surface area contributed by atoms with Crippen LogP contribution in [-0.4, -0.2) is 32.2 Å². The first-order valence-electron chi connectivity index (χ1n) is 7.21. The Morgan fingerprint density at radius 2 is 2.00 bits per heavy atom. The van der Waals surface area contributed by atoms with Crippen LogP contribution >= 0.6 is 11.3 Å². The normalized spacial score (nSPS) is 10.7. The van der Waals surface area contributed by atoms with Gasteiger partial charge in [0, 0.05) is 6.54 Å². The lowest BCUT2D eigenvalue weighted by Gasteiger charge is -2.04. The predicted octanol–water partition coefficient (Wildman–Crippen LogP) is 0.988. The number of nitrogens with one attached hydrogen (secondary N) is 1. The Balaban J connectivity index is 1.54. The Labute approximate surface area is 140 Å². The molecule has 9 heteroatoms. The molecule has 3 rings (SSSR count). The SMILES string of the molecule is O=C(Cn1nnn(-c2cccs2)c1=O)NCCc1ccc(F)cc1. The highest BCUT2D eigenvalue weighted by Gasteiger charge is 2.12. The number of benzene rings is 1. The molecule has 0 atom stereocenters. The molecule has 2 aromatic heterocycles. The Kier molecular flexibility index (Phi) is 4.80. The molecule has 0 aliphatic rings. The molecule has 1 amide bonds. The molecule has 0 saturated heterocycles. The molecule has 1 aromatic carbocycles. The number of thiophene rings is 1. The maximum atomic E-state index is 12.8. The third kappa shape index (κ3) is 3.74. The zero-order valence-corrected chi connectivity index (χ0v) is 13.4. The number of nitrogens with zero attached hydrogens (tertiary/aromatic N) is 4. The standard InChI is InChI=1S/C15H14FN5O2S/c16-12-5-3-11(4-6-12)7-8-17-13(22)10-20-15(23)21(19-18-20)14-2-1-9-24-14/h1-6,9H,7-8,10H2,(H,17,22). The van der Waals surface area contributed by atoms with Gasteiger partial charge in [0.15, 0.2) is 0 Å². The van der Waals surface area contributed by atoms with Crippen LogP contribution in [-0.2, 0) is 17.8 Å². The predicted molar refractivity (Wildman–Crippen MR) is 86.6 cm³/mol. The highest BCUT2D eigenvalue weighted by Crippen LogP contribution is 2.10. The van der Waals surface area contributed by atoms with Crippen LogP contribution in [0, 0.1) is 5.82 Å². The molecule has 0 fully saturated rings. The lowest BCUT2D eigenvalue weighted by atomic mass is 10.1. The number of rotatable bonds is 6. The van der Waals surface area contributed by atoms with Gasteiger partial charge >= 0.3 is 5.69 Å². The molecular weight excluding hydrogens is 333 g/mol. The molecule has 0 radical (unpaired) electrons. The lowest BCUT2D eigenvalue weighted by Crippen LogP contribution is -2.34. The largest absolute Gasteiger partial charge is 0.369 e. The van der Waals surface area contributed by atoms with Gasteiger partial charge in [0.2, 0.25) is 5.91 Å². The van der Waals surface area contributed by atoms with Crippen molar-refractivity contribution in [2.75, 3.05) is 6.54 Å². The summed E-state index contributed by atoms with van der Waals surface area (Å²) in [4.78, 5) is 24.0. The summed E-state index contributed by atoms with van der Waals surface area (Å²) in [6, 6.07) is 9.62. The fourth-order valence-electron chi connectivity index (χ4n) is 2.09. The smallest absolute Gasteiger partial charge is 0.354 e. The Bertz CT molecular complexity index is 870. The second-order valence-corrected chi connectivity index (χ2v) is 5.93. The summed E-state index contributed by atoms with van der Waals surface area (Å²) in [5, 5.41) is 12.6. The minimum atomic E-state index is -0.467. The second kappa shape index (κ2) is 7.18. The van der Waals surface area contributed by atoms with Crippen molar-refractivity contribution >= 4 is 17.2 Å². The van der Waals surface area contributed by atoms with Gasteiger partial charge in [-0.1, -0.05) is 12.1 Å². The first-order chi connectivity index (χ1) is 11.6. The number of aromatic nitrogens is 4. The number of tetrazole rings is 1. The van der Waals surface area contributed by atoms with Crippen LogP contribution in [0.2, 0.25) is 0 Å². The van der Waals surface area contributed by atoms with E-state index in [1.54, 1.807) is 24.3 Å². The van der Waals surface area contributed by atoms with Gasteiger partial charge in [-0.05, 0) is 52.1 Å². The summed E-state index contributed by atoms with van der Waals surface area (Å²) >= 11 is 1.35. The van der Waals surface area contributed by atoms with Crippen molar-refractivity contribution in [2.24, 2.45) is 0 Å². The molecule has 24 heavy (non-hydrogen) atoms. The van der Waals surface area contributed by atoms with Crippen LogP contribution in [0.25, 0.3) is 5.00 Å². The van der Waals surface area contributed by atoms with E-state index in [9.17, 15) is 14.0 Å². The van der Waals surface area contributed by atoms with Crippen molar-refractivity contribution in [3.63, 3.8) is 0 Å². The Morgan fingerprint density at radius 1 is 1.21 bits per heavy atom. The van der Waals surface area contributed by atoms with E-state index in [1.165, 1.54) is 23.5 Å². The molecule has 0 aliphatic carbocycles. The van der Waals surface area contributed by atoms with Crippen molar-refractivity contribution in [1.29, 1.82) is 0 Å². The van der Waals surface area contributed by atoms with Gasteiger partial charge < -0.3 is 5.32 Å². The maximum Gasteiger partial charge on any atom is 0.369 e. The van der Waals surface area contributed by atoms with Gasteiger partial charge in [-0.2, -0.15) is 9.36 Å². The van der Waals surface area contributed by atoms with Gasteiger partial charge in [0.1, 0.15) is 17.4 Å². The van der Waals surface area contributed by atoms with Crippen molar-refractivity contribution in [2.45, 2.75) is 13.0 Å². The van der Waals surface area contributed by atoms with Crippen LogP contribution in [0.3, 0.4) is 0 Å².